The third-order valence-electron chi connectivity index (χ3n) is 4.29. The summed E-state index contributed by atoms with van der Waals surface area (Å²) in [6.45, 7) is 10.2. The maximum absolute atomic E-state index is 9.86. The van der Waals surface area contributed by atoms with Crippen molar-refractivity contribution in [1.82, 2.24) is 4.90 Å². The number of aliphatic hydroxyl groups excluding tert-OH is 1. The lowest BCUT2D eigenvalue weighted by molar-refractivity contribution is -0.0627. The van der Waals surface area contributed by atoms with Gasteiger partial charge in [0, 0.05) is 11.6 Å². The molecule has 0 bridgehead atoms. The van der Waals surface area contributed by atoms with Crippen molar-refractivity contribution in [2.75, 3.05) is 13.2 Å². The van der Waals surface area contributed by atoms with Gasteiger partial charge in [-0.3, -0.25) is 4.90 Å². The molecule has 0 aromatic carbocycles. The molecule has 3 heteroatoms. The van der Waals surface area contributed by atoms with Gasteiger partial charge in [-0.05, 0) is 59.9 Å². The van der Waals surface area contributed by atoms with Crippen molar-refractivity contribution >= 4 is 0 Å². The van der Waals surface area contributed by atoms with Crippen molar-refractivity contribution in [3.8, 4) is 0 Å². The van der Waals surface area contributed by atoms with Gasteiger partial charge in [-0.15, -0.1) is 0 Å². The summed E-state index contributed by atoms with van der Waals surface area (Å²) >= 11 is 0. The summed E-state index contributed by atoms with van der Waals surface area (Å²) in [6.07, 6.45) is 4.55. The Bertz CT molecular complexity index is 272. The Morgan fingerprint density at radius 2 is 2.12 bits per heavy atom. The van der Waals surface area contributed by atoms with Gasteiger partial charge >= 0.3 is 0 Å². The summed E-state index contributed by atoms with van der Waals surface area (Å²) in [7, 11) is 0. The fraction of sp³-hybridized carbons (Fsp3) is 1.00. The van der Waals surface area contributed by atoms with Gasteiger partial charge in [0.2, 0.25) is 0 Å². The Labute approximate surface area is 105 Å². The molecular weight excluding hydrogens is 214 g/mol. The van der Waals surface area contributed by atoms with E-state index in [0.717, 1.165) is 19.6 Å². The molecule has 3 nitrogen and oxygen atoms in total. The van der Waals surface area contributed by atoms with Gasteiger partial charge in [0.25, 0.3) is 0 Å². The summed E-state index contributed by atoms with van der Waals surface area (Å²) in [4.78, 5) is 2.52. The van der Waals surface area contributed by atoms with Crippen LogP contribution in [0.25, 0.3) is 0 Å². The lowest BCUT2D eigenvalue weighted by atomic mass is 9.95. The predicted octanol–water partition coefficient (Wildman–Crippen LogP) is 2.18. The van der Waals surface area contributed by atoms with Crippen LogP contribution in [0.5, 0.6) is 0 Å². The van der Waals surface area contributed by atoms with Crippen LogP contribution in [0.4, 0.5) is 0 Å². The molecule has 2 aliphatic heterocycles. The second-order valence-electron chi connectivity index (χ2n) is 6.77. The minimum atomic E-state index is -0.218. The average Bonchev–Trinajstić information content (AvgIpc) is 2.70. The molecule has 2 aliphatic rings. The molecule has 0 aromatic rings. The topological polar surface area (TPSA) is 32.7 Å². The highest BCUT2D eigenvalue weighted by molar-refractivity contribution is 5.05. The molecule has 0 aliphatic carbocycles. The zero-order chi connectivity index (χ0) is 12.7. The number of hydrogen-bond donors (Lipinski definition) is 1. The summed E-state index contributed by atoms with van der Waals surface area (Å²) in [5.74, 6) is 0. The molecule has 1 N–H and O–H groups in total. The second-order valence-corrected chi connectivity index (χ2v) is 6.77. The Balaban J connectivity index is 2.04. The van der Waals surface area contributed by atoms with Crippen LogP contribution < -0.4 is 0 Å². The van der Waals surface area contributed by atoms with Crippen molar-refractivity contribution in [1.29, 1.82) is 0 Å². The molecule has 2 saturated heterocycles. The minimum absolute atomic E-state index is 0.0636. The Morgan fingerprint density at radius 3 is 2.71 bits per heavy atom. The Hall–Kier alpha value is -0.120. The molecule has 0 aromatic heterocycles. The molecule has 3 atom stereocenters. The van der Waals surface area contributed by atoms with Gasteiger partial charge in [-0.25, -0.2) is 0 Å². The van der Waals surface area contributed by atoms with E-state index in [1.807, 2.05) is 6.92 Å². The van der Waals surface area contributed by atoms with Gasteiger partial charge < -0.3 is 9.84 Å². The molecular formula is C14H27NO2. The van der Waals surface area contributed by atoms with E-state index in [0.29, 0.717) is 6.04 Å². The highest BCUT2D eigenvalue weighted by atomic mass is 16.5. The largest absolute Gasteiger partial charge is 0.392 e. The first-order valence-electron chi connectivity index (χ1n) is 6.93. The third-order valence-corrected chi connectivity index (χ3v) is 4.29. The van der Waals surface area contributed by atoms with E-state index in [1.54, 1.807) is 0 Å². The van der Waals surface area contributed by atoms with Gasteiger partial charge in [0.15, 0.2) is 0 Å². The zero-order valence-corrected chi connectivity index (χ0v) is 11.7. The summed E-state index contributed by atoms with van der Waals surface area (Å²) in [6, 6.07) is 0.348. The monoisotopic (exact) mass is 241 g/mol. The number of hydrogen-bond acceptors (Lipinski definition) is 3. The van der Waals surface area contributed by atoms with Gasteiger partial charge in [-0.1, -0.05) is 0 Å². The summed E-state index contributed by atoms with van der Waals surface area (Å²) < 4.78 is 6.02. The zero-order valence-electron chi connectivity index (χ0n) is 11.7. The predicted molar refractivity (Wildman–Crippen MR) is 69.1 cm³/mol. The smallest absolute Gasteiger partial charge is 0.0667 e. The lowest BCUT2D eigenvalue weighted by Gasteiger charge is -2.37. The van der Waals surface area contributed by atoms with Crippen molar-refractivity contribution in [2.45, 2.75) is 76.7 Å². The van der Waals surface area contributed by atoms with Crippen molar-refractivity contribution in [3.63, 3.8) is 0 Å². The number of aliphatic hydroxyl groups is 1. The van der Waals surface area contributed by atoms with E-state index >= 15 is 0 Å². The van der Waals surface area contributed by atoms with Crippen LogP contribution in [-0.4, -0.2) is 46.4 Å². The Kier molecular flexibility index (Phi) is 3.54. The quantitative estimate of drug-likeness (QED) is 0.822. The van der Waals surface area contributed by atoms with Crippen LogP contribution in [-0.2, 0) is 4.74 Å². The number of fused-ring (bicyclic) bond motifs is 1. The first-order valence-corrected chi connectivity index (χ1v) is 6.93. The second kappa shape index (κ2) is 4.52. The highest BCUT2D eigenvalue weighted by Crippen LogP contribution is 2.43. The normalized spacial score (nSPS) is 36.2. The minimum Gasteiger partial charge on any atom is -0.392 e. The van der Waals surface area contributed by atoms with Gasteiger partial charge in [0.1, 0.15) is 0 Å². The average molecular weight is 241 g/mol. The first kappa shape index (κ1) is 13.3. The molecule has 100 valence electrons. The first-order chi connectivity index (χ1) is 7.84. The molecule has 0 radical (unpaired) electrons. The number of ether oxygens (including phenoxy) is 1. The fourth-order valence-electron chi connectivity index (χ4n) is 3.40. The van der Waals surface area contributed by atoms with Gasteiger partial charge in [0.05, 0.1) is 18.3 Å². The Morgan fingerprint density at radius 1 is 1.41 bits per heavy atom. The van der Waals surface area contributed by atoms with E-state index in [1.165, 1.54) is 19.3 Å². The maximum Gasteiger partial charge on any atom is 0.0667 e. The van der Waals surface area contributed by atoms with E-state index < -0.39 is 0 Å². The summed E-state index contributed by atoms with van der Waals surface area (Å²) in [5.41, 5.74) is 0.154. The van der Waals surface area contributed by atoms with Crippen LogP contribution in [0.15, 0.2) is 0 Å². The van der Waals surface area contributed by atoms with Crippen molar-refractivity contribution in [3.05, 3.63) is 0 Å². The van der Waals surface area contributed by atoms with Crippen LogP contribution >= 0.6 is 0 Å². The standard InChI is InChI=1S/C14H27NO2/c1-11(16)12-6-8-14(7-5-9-15(12)14)10-17-13(2,3)4/h11-12,16H,5-10H2,1-4H3/t11-,12+,14+/m1/s1. The number of nitrogens with zero attached hydrogens (tertiary/aromatic N) is 1. The number of rotatable bonds is 3. The third kappa shape index (κ3) is 2.67. The molecule has 2 rings (SSSR count). The fourth-order valence-corrected chi connectivity index (χ4v) is 3.40. The van der Waals surface area contributed by atoms with Crippen LogP contribution in [0.2, 0.25) is 0 Å². The molecule has 0 spiro atoms. The van der Waals surface area contributed by atoms with E-state index in [9.17, 15) is 5.11 Å². The summed E-state index contributed by atoms with van der Waals surface area (Å²) in [5, 5.41) is 9.86. The maximum atomic E-state index is 9.86. The SMILES string of the molecule is C[C@@H](O)[C@@H]1CC[C@]2(COC(C)(C)C)CCCN12. The highest BCUT2D eigenvalue weighted by Gasteiger charge is 2.50. The van der Waals surface area contributed by atoms with Gasteiger partial charge in [-0.2, -0.15) is 0 Å². The van der Waals surface area contributed by atoms with E-state index in [-0.39, 0.29) is 17.2 Å². The van der Waals surface area contributed by atoms with E-state index in [4.69, 9.17) is 4.74 Å². The molecule has 2 fully saturated rings. The molecule has 0 saturated carbocycles. The van der Waals surface area contributed by atoms with Crippen LogP contribution in [0.1, 0.15) is 53.4 Å². The van der Waals surface area contributed by atoms with Crippen LogP contribution in [0, 0.1) is 0 Å². The molecule has 2 heterocycles. The molecule has 17 heavy (non-hydrogen) atoms. The lowest BCUT2D eigenvalue weighted by Crippen LogP contribution is -2.49. The van der Waals surface area contributed by atoms with Crippen molar-refractivity contribution in [2.24, 2.45) is 0 Å². The van der Waals surface area contributed by atoms with Crippen molar-refractivity contribution < 1.29 is 9.84 Å². The van der Waals surface area contributed by atoms with E-state index in [2.05, 4.69) is 25.7 Å². The van der Waals surface area contributed by atoms with Crippen LogP contribution in [0.3, 0.4) is 0 Å². The molecule has 0 amide bonds. The molecule has 0 unspecified atom stereocenters.